The first-order valence-electron chi connectivity index (χ1n) is 9.39. The Morgan fingerprint density at radius 2 is 1.89 bits per heavy atom. The molecule has 0 aliphatic rings. The van der Waals surface area contributed by atoms with Gasteiger partial charge < -0.3 is 10.0 Å². The standard InChI is InChI=1S/C19H27ClN4O3S/c1-4-6-10-24(11-7-5-2)14-8-9-15(16(25)12-14)22-23-19-21-18(20)17(28-19)13-27-26-3/h8-9,12,25H,4-7,10-11,13H2,1-3H3. The number of anilines is 1. The van der Waals surface area contributed by atoms with Crippen molar-refractivity contribution in [1.29, 1.82) is 0 Å². The Kier molecular flexibility index (Phi) is 9.63. The number of halogens is 1. The normalized spacial score (nSPS) is 11.4. The lowest BCUT2D eigenvalue weighted by Gasteiger charge is -2.25. The molecule has 1 aromatic carbocycles. The highest BCUT2D eigenvalue weighted by Gasteiger charge is 2.11. The van der Waals surface area contributed by atoms with Crippen molar-refractivity contribution in [2.75, 3.05) is 25.1 Å². The number of unbranched alkanes of at least 4 members (excludes halogenated alkanes) is 2. The van der Waals surface area contributed by atoms with Crippen LogP contribution in [0.2, 0.25) is 5.15 Å². The van der Waals surface area contributed by atoms with Crippen molar-refractivity contribution in [3.05, 3.63) is 28.2 Å². The van der Waals surface area contributed by atoms with Crippen molar-refractivity contribution in [2.45, 2.75) is 46.1 Å². The number of aromatic nitrogens is 1. The lowest BCUT2D eigenvalue weighted by molar-refractivity contribution is -0.281. The summed E-state index contributed by atoms with van der Waals surface area (Å²) < 4.78 is 0. The van der Waals surface area contributed by atoms with Crippen LogP contribution < -0.4 is 4.90 Å². The molecule has 0 radical (unpaired) electrons. The smallest absolute Gasteiger partial charge is 0.231 e. The van der Waals surface area contributed by atoms with E-state index in [9.17, 15) is 5.11 Å². The third kappa shape index (κ3) is 6.70. The maximum absolute atomic E-state index is 10.4. The zero-order chi connectivity index (χ0) is 20.4. The van der Waals surface area contributed by atoms with Gasteiger partial charge in [-0.15, -0.1) is 10.2 Å². The molecule has 7 nitrogen and oxygen atoms in total. The second-order valence-corrected chi connectivity index (χ2v) is 7.63. The van der Waals surface area contributed by atoms with Crippen molar-refractivity contribution >= 4 is 39.4 Å². The predicted molar refractivity (Wildman–Crippen MR) is 113 cm³/mol. The summed E-state index contributed by atoms with van der Waals surface area (Å²) in [6.45, 7) is 6.49. The Morgan fingerprint density at radius 1 is 1.18 bits per heavy atom. The van der Waals surface area contributed by atoms with E-state index in [1.165, 1.54) is 18.4 Å². The summed E-state index contributed by atoms with van der Waals surface area (Å²) in [5.41, 5.74) is 1.38. The van der Waals surface area contributed by atoms with Gasteiger partial charge in [0.05, 0.1) is 12.0 Å². The van der Waals surface area contributed by atoms with Gasteiger partial charge in [-0.2, -0.15) is 0 Å². The van der Waals surface area contributed by atoms with Gasteiger partial charge in [0, 0.05) is 24.8 Å². The van der Waals surface area contributed by atoms with Crippen molar-refractivity contribution in [3.63, 3.8) is 0 Å². The molecule has 0 aliphatic carbocycles. The molecule has 9 heteroatoms. The third-order valence-electron chi connectivity index (χ3n) is 4.08. The molecular weight excluding hydrogens is 400 g/mol. The molecule has 28 heavy (non-hydrogen) atoms. The van der Waals surface area contributed by atoms with Crippen LogP contribution in [-0.4, -0.2) is 30.3 Å². The van der Waals surface area contributed by atoms with E-state index in [1.54, 1.807) is 12.1 Å². The molecule has 0 fully saturated rings. The van der Waals surface area contributed by atoms with E-state index in [-0.39, 0.29) is 12.4 Å². The SMILES string of the molecule is CCCCN(CCCC)c1ccc(N=Nc2nc(Cl)c(COOC)s2)c(O)c1. The minimum Gasteiger partial charge on any atom is -0.506 e. The van der Waals surface area contributed by atoms with Crippen molar-refractivity contribution in [2.24, 2.45) is 10.2 Å². The fourth-order valence-corrected chi connectivity index (χ4v) is 3.50. The van der Waals surface area contributed by atoms with Gasteiger partial charge in [-0.3, -0.25) is 0 Å². The van der Waals surface area contributed by atoms with E-state index in [4.69, 9.17) is 16.5 Å². The van der Waals surface area contributed by atoms with E-state index in [1.807, 2.05) is 6.07 Å². The highest BCUT2D eigenvalue weighted by atomic mass is 35.5. The van der Waals surface area contributed by atoms with Crippen LogP contribution in [0.5, 0.6) is 5.75 Å². The van der Waals surface area contributed by atoms with Crippen LogP contribution in [-0.2, 0) is 16.4 Å². The van der Waals surface area contributed by atoms with Gasteiger partial charge in [-0.05, 0) is 25.0 Å². The second kappa shape index (κ2) is 12.0. The molecule has 0 spiro atoms. The van der Waals surface area contributed by atoms with Crippen molar-refractivity contribution in [3.8, 4) is 5.75 Å². The number of benzene rings is 1. The number of azo groups is 1. The predicted octanol–water partition coefficient (Wildman–Crippen LogP) is 6.40. The number of aromatic hydroxyl groups is 1. The van der Waals surface area contributed by atoms with Gasteiger partial charge in [0.15, 0.2) is 0 Å². The van der Waals surface area contributed by atoms with Crippen LogP contribution in [0, 0.1) is 0 Å². The first-order valence-corrected chi connectivity index (χ1v) is 10.6. The number of hydrogen-bond donors (Lipinski definition) is 1. The fraction of sp³-hybridized carbons (Fsp3) is 0.526. The number of phenols is 1. The topological polar surface area (TPSA) is 79.5 Å². The number of phenolic OH excluding ortho intramolecular Hbond substituents is 1. The van der Waals surface area contributed by atoms with E-state index < -0.39 is 0 Å². The highest BCUT2D eigenvalue weighted by molar-refractivity contribution is 7.15. The van der Waals surface area contributed by atoms with Crippen LogP contribution in [0.3, 0.4) is 0 Å². The zero-order valence-electron chi connectivity index (χ0n) is 16.5. The molecular formula is C19H27ClN4O3S. The summed E-state index contributed by atoms with van der Waals surface area (Å²) in [5, 5.41) is 19.3. The van der Waals surface area contributed by atoms with Gasteiger partial charge in [0.1, 0.15) is 23.2 Å². The Balaban J connectivity index is 2.11. The van der Waals surface area contributed by atoms with Gasteiger partial charge in [0.2, 0.25) is 5.13 Å². The zero-order valence-corrected chi connectivity index (χ0v) is 18.1. The average molecular weight is 427 g/mol. The van der Waals surface area contributed by atoms with Crippen LogP contribution in [0.15, 0.2) is 28.4 Å². The van der Waals surface area contributed by atoms with Crippen LogP contribution in [0.1, 0.15) is 44.4 Å². The Labute approximate surface area is 174 Å². The molecule has 0 saturated carbocycles. The molecule has 1 N–H and O–H groups in total. The maximum Gasteiger partial charge on any atom is 0.231 e. The number of hydrogen-bond acceptors (Lipinski definition) is 8. The van der Waals surface area contributed by atoms with Gasteiger partial charge in [-0.1, -0.05) is 49.6 Å². The van der Waals surface area contributed by atoms with Gasteiger partial charge >= 0.3 is 0 Å². The molecule has 2 aromatic rings. The summed E-state index contributed by atoms with van der Waals surface area (Å²) in [4.78, 5) is 16.5. The Bertz CT molecular complexity index is 762. The summed E-state index contributed by atoms with van der Waals surface area (Å²) in [6, 6.07) is 5.47. The Morgan fingerprint density at radius 3 is 2.50 bits per heavy atom. The van der Waals surface area contributed by atoms with Crippen LogP contribution in [0.25, 0.3) is 0 Å². The summed E-state index contributed by atoms with van der Waals surface area (Å²) >= 11 is 7.29. The lowest BCUT2D eigenvalue weighted by atomic mass is 10.2. The van der Waals surface area contributed by atoms with Gasteiger partial charge in [-0.25, -0.2) is 14.8 Å². The van der Waals surface area contributed by atoms with E-state index in [0.717, 1.165) is 44.5 Å². The third-order valence-corrected chi connectivity index (χ3v) is 5.41. The highest BCUT2D eigenvalue weighted by Crippen LogP contribution is 2.35. The summed E-state index contributed by atoms with van der Waals surface area (Å²) in [7, 11) is 1.42. The number of nitrogens with zero attached hydrogens (tertiary/aromatic N) is 4. The minimum absolute atomic E-state index is 0.0878. The molecule has 0 bridgehead atoms. The quantitative estimate of drug-likeness (QED) is 0.241. The molecule has 1 heterocycles. The van der Waals surface area contributed by atoms with Crippen molar-refractivity contribution < 1.29 is 14.9 Å². The minimum atomic E-state index is 0.0878. The van der Waals surface area contributed by atoms with Crippen molar-refractivity contribution in [1.82, 2.24) is 4.98 Å². The lowest BCUT2D eigenvalue weighted by Crippen LogP contribution is -2.25. The van der Waals surface area contributed by atoms with Crippen LogP contribution in [0.4, 0.5) is 16.5 Å². The first kappa shape index (κ1) is 22.5. The molecule has 0 saturated heterocycles. The number of rotatable bonds is 12. The van der Waals surface area contributed by atoms with Gasteiger partial charge in [0.25, 0.3) is 0 Å². The van der Waals surface area contributed by atoms with Crippen LogP contribution >= 0.6 is 22.9 Å². The fourth-order valence-electron chi connectivity index (χ4n) is 2.52. The second-order valence-electron chi connectivity index (χ2n) is 6.21. The van der Waals surface area contributed by atoms with E-state index >= 15 is 0 Å². The summed E-state index contributed by atoms with van der Waals surface area (Å²) in [6.07, 6.45) is 4.50. The average Bonchev–Trinajstić information content (AvgIpc) is 3.05. The monoisotopic (exact) mass is 426 g/mol. The molecule has 2 rings (SSSR count). The largest absolute Gasteiger partial charge is 0.506 e. The first-order chi connectivity index (χ1) is 13.6. The number of thiazole rings is 1. The maximum atomic E-state index is 10.4. The molecule has 0 aliphatic heterocycles. The molecule has 0 atom stereocenters. The Hall–Kier alpha value is -1.74. The molecule has 0 unspecified atom stereocenters. The van der Waals surface area contributed by atoms with E-state index in [2.05, 4.69) is 38.8 Å². The summed E-state index contributed by atoms with van der Waals surface area (Å²) in [5.74, 6) is 0.0878. The van der Waals surface area contributed by atoms with E-state index in [0.29, 0.717) is 20.8 Å². The molecule has 154 valence electrons. The molecule has 0 amide bonds. The molecule has 1 aromatic heterocycles.